The molecule has 2 aromatic carbocycles. The fraction of sp³-hybridized carbons (Fsp3) is 0.576. The summed E-state index contributed by atoms with van der Waals surface area (Å²) in [5, 5.41) is 30.1. The molecular formula is C33H49N5O15S. The zero-order valence-electron chi connectivity index (χ0n) is 30.2. The van der Waals surface area contributed by atoms with Crippen LogP contribution in [-0.4, -0.2) is 136 Å². The van der Waals surface area contributed by atoms with E-state index < -0.39 is 25.7 Å². The summed E-state index contributed by atoms with van der Waals surface area (Å²) < 4.78 is 61.4. The normalized spacial score (nSPS) is 11.3. The van der Waals surface area contributed by atoms with Gasteiger partial charge in [-0.2, -0.15) is 8.42 Å². The summed E-state index contributed by atoms with van der Waals surface area (Å²) >= 11 is 0. The second kappa shape index (κ2) is 27.3. The van der Waals surface area contributed by atoms with E-state index in [2.05, 4.69) is 16.0 Å². The Morgan fingerprint density at radius 1 is 0.611 bits per heavy atom. The quantitative estimate of drug-likeness (QED) is 0.0413. The number of benzene rings is 2. The number of carbonyl (C=O) groups excluding carboxylic acids is 2. The molecule has 0 aliphatic carbocycles. The van der Waals surface area contributed by atoms with Gasteiger partial charge in [0.25, 0.3) is 21.5 Å². The Morgan fingerprint density at radius 2 is 1.06 bits per heavy atom. The highest BCUT2D eigenvalue weighted by atomic mass is 32.2. The highest BCUT2D eigenvalue weighted by Gasteiger charge is 2.19. The highest BCUT2D eigenvalue weighted by molar-refractivity contribution is 7.86. The standard InChI is InChI=1S/C33H49N5O15S/c1-27-2-5-29(6-3-27)54(45,46)53-25-24-52-23-22-51-21-18-49-15-12-36-33(40)9-8-32(39)35-11-14-48-17-20-50-19-16-47-13-10-34-30-7-4-28(37(41)42)26-31(30)38(43)44/h2-7,26,34H,8-25H2,1H3,(H,35,39)(H,36,40). The van der Waals surface area contributed by atoms with Crippen LogP contribution >= 0.6 is 0 Å². The number of rotatable bonds is 32. The Kier molecular flexibility index (Phi) is 23.1. The van der Waals surface area contributed by atoms with Crippen molar-refractivity contribution in [2.24, 2.45) is 0 Å². The molecule has 0 aromatic heterocycles. The summed E-state index contributed by atoms with van der Waals surface area (Å²) in [6.45, 7) is 5.78. The van der Waals surface area contributed by atoms with Crippen molar-refractivity contribution < 1.29 is 60.5 Å². The summed E-state index contributed by atoms with van der Waals surface area (Å²) in [5.74, 6) is -0.558. The second-order valence-corrected chi connectivity index (χ2v) is 12.7. The Bertz CT molecular complexity index is 1530. The fourth-order valence-electron chi connectivity index (χ4n) is 4.18. The number of nitrogens with zero attached hydrogens (tertiary/aromatic N) is 2. The predicted octanol–water partition coefficient (Wildman–Crippen LogP) is 1.74. The summed E-state index contributed by atoms with van der Waals surface area (Å²) in [6, 6.07) is 9.72. The van der Waals surface area contributed by atoms with E-state index in [9.17, 15) is 38.2 Å². The number of nitro benzene ring substituents is 2. The molecule has 21 heteroatoms. The van der Waals surface area contributed by atoms with Gasteiger partial charge < -0.3 is 44.4 Å². The molecule has 0 unspecified atom stereocenters. The van der Waals surface area contributed by atoms with E-state index in [1.807, 2.05) is 6.92 Å². The molecule has 2 aromatic rings. The third kappa shape index (κ3) is 20.8. The van der Waals surface area contributed by atoms with Gasteiger partial charge in [0.15, 0.2) is 0 Å². The molecule has 54 heavy (non-hydrogen) atoms. The van der Waals surface area contributed by atoms with E-state index >= 15 is 0 Å². The highest BCUT2D eigenvalue weighted by Crippen LogP contribution is 2.28. The summed E-state index contributed by atoms with van der Waals surface area (Å²) in [5.41, 5.74) is 0.335. The van der Waals surface area contributed by atoms with E-state index in [0.29, 0.717) is 39.6 Å². The van der Waals surface area contributed by atoms with Crippen molar-refractivity contribution in [3.8, 4) is 0 Å². The zero-order chi connectivity index (χ0) is 39.4. The Morgan fingerprint density at radius 3 is 1.52 bits per heavy atom. The van der Waals surface area contributed by atoms with Crippen LogP contribution in [0.2, 0.25) is 0 Å². The van der Waals surface area contributed by atoms with E-state index in [0.717, 1.165) is 11.6 Å². The number of amides is 2. The van der Waals surface area contributed by atoms with E-state index in [4.69, 9.17) is 32.6 Å². The Balaban J connectivity index is 1.31. The third-order valence-electron chi connectivity index (χ3n) is 6.93. The van der Waals surface area contributed by atoms with Crippen molar-refractivity contribution in [1.82, 2.24) is 10.6 Å². The molecule has 0 fully saturated rings. The number of aryl methyl sites for hydroxylation is 1. The zero-order valence-corrected chi connectivity index (χ0v) is 31.0. The van der Waals surface area contributed by atoms with Crippen molar-refractivity contribution in [1.29, 1.82) is 0 Å². The van der Waals surface area contributed by atoms with Crippen LogP contribution in [0.4, 0.5) is 17.1 Å². The van der Waals surface area contributed by atoms with Crippen LogP contribution in [-0.2, 0) is 52.3 Å². The first kappa shape index (κ1) is 45.8. The molecule has 0 saturated heterocycles. The lowest BCUT2D eigenvalue weighted by Crippen LogP contribution is -2.31. The van der Waals surface area contributed by atoms with Gasteiger partial charge in [-0.05, 0) is 25.1 Å². The van der Waals surface area contributed by atoms with Crippen LogP contribution in [0.1, 0.15) is 18.4 Å². The molecule has 0 bridgehead atoms. The van der Waals surface area contributed by atoms with Crippen LogP contribution in [0.5, 0.6) is 0 Å². The fourth-order valence-corrected chi connectivity index (χ4v) is 5.07. The Labute approximate surface area is 313 Å². The van der Waals surface area contributed by atoms with Gasteiger partial charge in [-0.3, -0.25) is 34.0 Å². The number of non-ortho nitro benzene ring substituents is 1. The number of nitrogens with one attached hydrogen (secondary N) is 3. The summed E-state index contributed by atoms with van der Waals surface area (Å²) in [7, 11) is -3.82. The second-order valence-electron chi connectivity index (χ2n) is 11.1. The van der Waals surface area contributed by atoms with Crippen molar-refractivity contribution in [3.63, 3.8) is 0 Å². The minimum absolute atomic E-state index is 0.0285. The largest absolute Gasteiger partial charge is 0.377 e. The molecule has 2 amide bonds. The van der Waals surface area contributed by atoms with Gasteiger partial charge in [-0.15, -0.1) is 0 Å². The van der Waals surface area contributed by atoms with Gasteiger partial charge >= 0.3 is 0 Å². The first-order chi connectivity index (χ1) is 26.0. The van der Waals surface area contributed by atoms with Gasteiger partial charge in [0.1, 0.15) is 5.69 Å². The first-order valence-electron chi connectivity index (χ1n) is 17.1. The van der Waals surface area contributed by atoms with Crippen molar-refractivity contribution in [3.05, 3.63) is 68.3 Å². The lowest BCUT2D eigenvalue weighted by atomic mass is 10.2. The molecule has 0 saturated carbocycles. The van der Waals surface area contributed by atoms with E-state index in [-0.39, 0.29) is 107 Å². The molecule has 0 radical (unpaired) electrons. The molecule has 0 spiro atoms. The number of hydrogen-bond acceptors (Lipinski definition) is 16. The average Bonchev–Trinajstić information content (AvgIpc) is 3.14. The molecule has 302 valence electrons. The lowest BCUT2D eigenvalue weighted by molar-refractivity contribution is -0.393. The summed E-state index contributed by atoms with van der Waals surface area (Å²) in [6.07, 6.45) is 0.0579. The topological polar surface area (TPSA) is 255 Å². The molecule has 0 heterocycles. The van der Waals surface area contributed by atoms with E-state index in [1.54, 1.807) is 12.1 Å². The van der Waals surface area contributed by atoms with Crippen molar-refractivity contribution >= 4 is 39.0 Å². The smallest absolute Gasteiger partial charge is 0.299 e. The molecule has 3 N–H and O–H groups in total. The minimum Gasteiger partial charge on any atom is -0.377 e. The minimum atomic E-state index is -3.82. The molecule has 0 aliphatic rings. The van der Waals surface area contributed by atoms with Crippen LogP contribution in [0.15, 0.2) is 47.4 Å². The monoisotopic (exact) mass is 787 g/mol. The van der Waals surface area contributed by atoms with Crippen molar-refractivity contribution in [2.75, 3.05) is 111 Å². The Hall–Kier alpha value is -4.35. The maximum Gasteiger partial charge on any atom is 0.299 e. The number of nitro groups is 2. The SMILES string of the molecule is Cc1ccc(S(=O)(=O)OCCOCCOCCOCCNC(=O)CCC(=O)NCCOCCOCCOCCNc2ccc([N+](=O)[O-])cc2[N+](=O)[O-])cc1. The van der Waals surface area contributed by atoms with Crippen LogP contribution in [0.25, 0.3) is 0 Å². The molecule has 0 aliphatic heterocycles. The van der Waals surface area contributed by atoms with Crippen LogP contribution < -0.4 is 16.0 Å². The number of hydrogen-bond donors (Lipinski definition) is 3. The molecule has 0 atom stereocenters. The number of anilines is 1. The van der Waals surface area contributed by atoms with Gasteiger partial charge in [0.05, 0.1) is 107 Å². The lowest BCUT2D eigenvalue weighted by Gasteiger charge is -2.09. The molecule has 20 nitrogen and oxygen atoms in total. The van der Waals surface area contributed by atoms with Crippen LogP contribution in [0.3, 0.4) is 0 Å². The van der Waals surface area contributed by atoms with Crippen LogP contribution in [0, 0.1) is 27.2 Å². The maximum absolute atomic E-state index is 12.1. The predicted molar refractivity (Wildman–Crippen MR) is 193 cm³/mol. The number of ether oxygens (including phenoxy) is 6. The average molecular weight is 788 g/mol. The van der Waals surface area contributed by atoms with Gasteiger partial charge in [-0.1, -0.05) is 17.7 Å². The van der Waals surface area contributed by atoms with Crippen molar-refractivity contribution in [2.45, 2.75) is 24.7 Å². The van der Waals surface area contributed by atoms with Gasteiger partial charge in [0, 0.05) is 38.5 Å². The number of carbonyl (C=O) groups is 2. The van der Waals surface area contributed by atoms with E-state index in [1.165, 1.54) is 24.3 Å². The summed E-state index contributed by atoms with van der Waals surface area (Å²) in [4.78, 5) is 44.6. The first-order valence-corrected chi connectivity index (χ1v) is 18.5. The molecular weight excluding hydrogens is 738 g/mol. The van der Waals surface area contributed by atoms with Gasteiger partial charge in [0.2, 0.25) is 11.8 Å². The maximum atomic E-state index is 12.1. The molecule has 2 rings (SSSR count). The third-order valence-corrected chi connectivity index (χ3v) is 8.26. The van der Waals surface area contributed by atoms with Gasteiger partial charge in [-0.25, -0.2) is 0 Å².